The first-order chi connectivity index (χ1) is 40.7. The minimum absolute atomic E-state index is 0. The van der Waals surface area contributed by atoms with Gasteiger partial charge in [0.15, 0.2) is 0 Å². The smallest absolute Gasteiger partial charge is 0.0970 e. The van der Waals surface area contributed by atoms with Crippen LogP contribution in [0.1, 0.15) is 22.3 Å². The molecular formula is C78H55IrN4-. The summed E-state index contributed by atoms with van der Waals surface area (Å²) < 4.78 is 0. The molecular weight excluding hydrogens is 1190 g/mol. The summed E-state index contributed by atoms with van der Waals surface area (Å²) in [7, 11) is 0. The van der Waals surface area contributed by atoms with Gasteiger partial charge in [-0.05, 0) is 127 Å². The van der Waals surface area contributed by atoms with Crippen molar-refractivity contribution in [3.8, 4) is 55.8 Å². The number of pyridine rings is 3. The Morgan fingerprint density at radius 3 is 1.22 bits per heavy atom. The second kappa shape index (κ2) is 24.7. The largest absolute Gasteiger partial charge is 0.311 e. The molecule has 11 aromatic carbocycles. The Bertz CT molecular complexity index is 4220. The van der Waals surface area contributed by atoms with E-state index in [1.54, 1.807) is 6.20 Å². The predicted molar refractivity (Wildman–Crippen MR) is 340 cm³/mol. The zero-order valence-corrected chi connectivity index (χ0v) is 47.8. The molecule has 0 unspecified atom stereocenters. The summed E-state index contributed by atoms with van der Waals surface area (Å²) in [5.41, 5.74) is 21.9. The standard InChI is InChI=1S/C43H31N.C24H16N2.C11H8N.Ir/c1-4-14-32(15-5-1)33-24-28-37(29-25-33)44(36-18-8-3-9-19-36)38-30-26-35(27-31-38)43(34-16-6-2-7-17-34)41-22-12-10-20-39(41)40-21-11-13-23-42(40)43;1-3-7-17(8-4-1)19-13-15-25-23-21(19)11-12-22-20(14-16-26-24(22)23)18-9-5-2-6-10-18;1-2-6-10(7-3-1)11-8-4-5-9-12-11;/h1-31H;1-16H;1-6,8-9H;/q;;-1;. The molecule has 14 aromatic rings. The molecule has 83 heavy (non-hydrogen) atoms. The number of benzene rings is 11. The molecule has 397 valence electrons. The predicted octanol–water partition coefficient (Wildman–Crippen LogP) is 19.8. The van der Waals surface area contributed by atoms with Gasteiger partial charge in [0.1, 0.15) is 0 Å². The van der Waals surface area contributed by atoms with Gasteiger partial charge in [-0.15, -0.1) is 35.9 Å². The summed E-state index contributed by atoms with van der Waals surface area (Å²) in [4.78, 5) is 15.9. The maximum atomic E-state index is 4.67. The van der Waals surface area contributed by atoms with Crippen LogP contribution in [-0.4, -0.2) is 15.0 Å². The topological polar surface area (TPSA) is 41.9 Å². The Hall–Kier alpha value is -10.2. The first-order valence-electron chi connectivity index (χ1n) is 27.7. The van der Waals surface area contributed by atoms with Crippen molar-refractivity contribution in [1.29, 1.82) is 0 Å². The van der Waals surface area contributed by atoms with Crippen LogP contribution in [0.4, 0.5) is 17.1 Å². The van der Waals surface area contributed by atoms with E-state index in [1.807, 2.05) is 67.0 Å². The van der Waals surface area contributed by atoms with Gasteiger partial charge in [-0.2, -0.15) is 0 Å². The summed E-state index contributed by atoms with van der Waals surface area (Å²) in [6, 6.07) is 114. The van der Waals surface area contributed by atoms with Gasteiger partial charge in [0, 0.05) is 66.5 Å². The van der Waals surface area contributed by atoms with Crippen LogP contribution in [0.25, 0.3) is 77.6 Å². The fourth-order valence-corrected chi connectivity index (χ4v) is 11.7. The van der Waals surface area contributed by atoms with E-state index in [2.05, 4.69) is 287 Å². The SMILES string of the molecule is [Ir].[c-]1ccccc1-c1ccccn1.c1ccc(-c2ccc(N(c3ccccc3)c3ccc(C4(c5ccccc5)c5ccccc5-c5ccccc54)cc3)cc2)cc1.c1ccc(-c2ccnc3c2ccc2c(-c4ccccc4)ccnc23)cc1. The van der Waals surface area contributed by atoms with E-state index in [-0.39, 0.29) is 20.1 Å². The van der Waals surface area contributed by atoms with Crippen LogP contribution in [0, 0.1) is 6.07 Å². The zero-order chi connectivity index (χ0) is 54.9. The molecule has 5 heteroatoms. The van der Waals surface area contributed by atoms with E-state index < -0.39 is 5.41 Å². The third-order valence-corrected chi connectivity index (χ3v) is 15.4. The molecule has 0 spiro atoms. The molecule has 0 saturated heterocycles. The molecule has 0 bridgehead atoms. The molecule has 0 N–H and O–H groups in total. The fourth-order valence-electron chi connectivity index (χ4n) is 11.7. The van der Waals surface area contributed by atoms with Crippen molar-refractivity contribution < 1.29 is 20.1 Å². The molecule has 0 aliphatic heterocycles. The van der Waals surface area contributed by atoms with E-state index in [4.69, 9.17) is 0 Å². The summed E-state index contributed by atoms with van der Waals surface area (Å²) in [6.45, 7) is 0. The van der Waals surface area contributed by atoms with Gasteiger partial charge < -0.3 is 9.88 Å². The van der Waals surface area contributed by atoms with Crippen LogP contribution in [0.5, 0.6) is 0 Å². The molecule has 1 radical (unpaired) electrons. The molecule has 4 nitrogen and oxygen atoms in total. The van der Waals surface area contributed by atoms with Crippen LogP contribution < -0.4 is 4.90 Å². The van der Waals surface area contributed by atoms with Crippen molar-refractivity contribution in [2.75, 3.05) is 4.90 Å². The van der Waals surface area contributed by atoms with Crippen molar-refractivity contribution in [2.24, 2.45) is 0 Å². The number of anilines is 3. The van der Waals surface area contributed by atoms with E-state index in [9.17, 15) is 0 Å². The average Bonchev–Trinajstić information content (AvgIpc) is 1.88. The number of rotatable bonds is 9. The van der Waals surface area contributed by atoms with E-state index in [0.717, 1.165) is 50.1 Å². The summed E-state index contributed by atoms with van der Waals surface area (Å²) in [6.07, 6.45) is 5.54. The Balaban J connectivity index is 0.000000146. The van der Waals surface area contributed by atoms with Gasteiger partial charge in [0.2, 0.25) is 0 Å². The zero-order valence-electron chi connectivity index (χ0n) is 45.4. The molecule has 0 atom stereocenters. The molecule has 1 aliphatic carbocycles. The van der Waals surface area contributed by atoms with Gasteiger partial charge in [0.05, 0.1) is 16.4 Å². The minimum Gasteiger partial charge on any atom is -0.311 e. The van der Waals surface area contributed by atoms with Crippen molar-refractivity contribution in [3.05, 3.63) is 362 Å². The van der Waals surface area contributed by atoms with E-state index in [1.165, 1.54) is 66.8 Å². The minimum atomic E-state index is -0.401. The molecule has 1 aliphatic rings. The first-order valence-corrected chi connectivity index (χ1v) is 27.7. The molecule has 0 amide bonds. The van der Waals surface area contributed by atoms with Crippen molar-refractivity contribution >= 4 is 38.9 Å². The van der Waals surface area contributed by atoms with E-state index >= 15 is 0 Å². The molecule has 3 aromatic heterocycles. The summed E-state index contributed by atoms with van der Waals surface area (Å²) >= 11 is 0. The molecule has 0 saturated carbocycles. The van der Waals surface area contributed by atoms with Gasteiger partial charge >= 0.3 is 0 Å². The summed E-state index contributed by atoms with van der Waals surface area (Å²) in [5.74, 6) is 0. The first kappa shape index (κ1) is 53.5. The fraction of sp³-hybridized carbons (Fsp3) is 0.0128. The number of nitrogens with zero attached hydrogens (tertiary/aromatic N) is 4. The monoisotopic (exact) mass is 1240 g/mol. The Morgan fingerprint density at radius 1 is 0.289 bits per heavy atom. The number of hydrogen-bond acceptors (Lipinski definition) is 4. The maximum Gasteiger partial charge on any atom is 0.0970 e. The normalized spacial score (nSPS) is 11.6. The van der Waals surface area contributed by atoms with Crippen molar-refractivity contribution in [2.45, 2.75) is 5.41 Å². The Morgan fingerprint density at radius 2 is 0.711 bits per heavy atom. The van der Waals surface area contributed by atoms with E-state index in [0.29, 0.717) is 0 Å². The van der Waals surface area contributed by atoms with Gasteiger partial charge in [0.25, 0.3) is 0 Å². The number of fused-ring (bicyclic) bond motifs is 6. The van der Waals surface area contributed by atoms with Crippen LogP contribution in [0.3, 0.4) is 0 Å². The summed E-state index contributed by atoms with van der Waals surface area (Å²) in [5, 5.41) is 2.26. The number of para-hydroxylation sites is 1. The quantitative estimate of drug-likeness (QED) is 0.107. The van der Waals surface area contributed by atoms with Gasteiger partial charge in [-0.25, -0.2) is 0 Å². The van der Waals surface area contributed by atoms with Gasteiger partial charge in [-0.3, -0.25) is 9.97 Å². The van der Waals surface area contributed by atoms with Crippen LogP contribution in [0.2, 0.25) is 0 Å². The Labute approximate surface area is 499 Å². The van der Waals surface area contributed by atoms with Crippen LogP contribution in [0.15, 0.2) is 334 Å². The number of hydrogen-bond donors (Lipinski definition) is 0. The van der Waals surface area contributed by atoms with Crippen molar-refractivity contribution in [3.63, 3.8) is 0 Å². The Kier molecular flexibility index (Phi) is 15.9. The number of aromatic nitrogens is 3. The second-order valence-electron chi connectivity index (χ2n) is 20.1. The molecule has 15 rings (SSSR count). The second-order valence-corrected chi connectivity index (χ2v) is 20.1. The van der Waals surface area contributed by atoms with Crippen LogP contribution >= 0.6 is 0 Å². The third kappa shape index (κ3) is 10.7. The van der Waals surface area contributed by atoms with Gasteiger partial charge in [-0.1, -0.05) is 237 Å². The van der Waals surface area contributed by atoms with Crippen LogP contribution in [-0.2, 0) is 25.5 Å². The molecule has 3 heterocycles. The third-order valence-electron chi connectivity index (χ3n) is 15.4. The molecule has 0 fully saturated rings. The maximum absolute atomic E-state index is 4.67. The average molecular weight is 1240 g/mol. The van der Waals surface area contributed by atoms with Crippen molar-refractivity contribution in [1.82, 2.24) is 15.0 Å².